The molecule has 2 aromatic heterocycles. The second kappa shape index (κ2) is 4.81. The number of H-pyrrole nitrogens is 1. The predicted molar refractivity (Wildman–Crippen MR) is 75.5 cm³/mol. The largest absolute Gasteiger partial charge is 0.394 e. The number of fused-ring (bicyclic) bond motifs is 2. The van der Waals surface area contributed by atoms with E-state index in [1.165, 1.54) is 4.68 Å². The number of aliphatic hydroxyl groups excluding tert-OH is 1. The van der Waals surface area contributed by atoms with Crippen LogP contribution < -0.4 is 5.56 Å². The van der Waals surface area contributed by atoms with Crippen LogP contribution in [0.25, 0.3) is 11.2 Å². The monoisotopic (exact) mass is 323 g/mol. The number of ether oxygens (including phenoxy) is 3. The van der Waals surface area contributed by atoms with Gasteiger partial charge in [0.05, 0.1) is 6.61 Å². The van der Waals surface area contributed by atoms with Crippen molar-refractivity contribution in [2.24, 2.45) is 0 Å². The van der Waals surface area contributed by atoms with Crippen molar-refractivity contribution >= 4 is 11.2 Å². The minimum absolute atomic E-state index is 0.126. The van der Waals surface area contributed by atoms with E-state index in [0.717, 1.165) is 0 Å². The number of aromatic nitrogens is 5. The van der Waals surface area contributed by atoms with Gasteiger partial charge in [-0.3, -0.25) is 4.79 Å². The van der Waals surface area contributed by atoms with Gasteiger partial charge in [0.15, 0.2) is 23.2 Å². The number of nitrogens with zero attached hydrogens (tertiary/aromatic N) is 4. The Morgan fingerprint density at radius 1 is 1.35 bits per heavy atom. The zero-order valence-corrected chi connectivity index (χ0v) is 12.9. The summed E-state index contributed by atoms with van der Waals surface area (Å²) in [4.78, 5) is 18.8. The van der Waals surface area contributed by atoms with Gasteiger partial charge in [-0.2, -0.15) is 4.68 Å². The SMILES string of the molecule is Cc1nc2c(nnn2[C@@H]2O[C@H](CO)[C@H]3OC(C)(C)O[C@H]32)c(=O)[nH]1. The van der Waals surface area contributed by atoms with Crippen molar-refractivity contribution in [3.63, 3.8) is 0 Å². The molecule has 2 aliphatic rings. The Bertz CT molecular complexity index is 815. The average Bonchev–Trinajstić information content (AvgIpc) is 3.09. The van der Waals surface area contributed by atoms with Gasteiger partial charge in [0.1, 0.15) is 24.1 Å². The molecule has 0 radical (unpaired) electrons. The Kier molecular flexibility index (Phi) is 3.07. The second-order valence-electron chi connectivity index (χ2n) is 6.17. The van der Waals surface area contributed by atoms with E-state index in [4.69, 9.17) is 14.2 Å². The van der Waals surface area contributed by atoms with Gasteiger partial charge in [0, 0.05) is 0 Å². The van der Waals surface area contributed by atoms with E-state index >= 15 is 0 Å². The van der Waals surface area contributed by atoms with E-state index in [1.54, 1.807) is 20.8 Å². The van der Waals surface area contributed by atoms with E-state index in [2.05, 4.69) is 20.3 Å². The van der Waals surface area contributed by atoms with E-state index < -0.39 is 30.3 Å². The molecule has 0 saturated carbocycles. The fraction of sp³-hybridized carbons (Fsp3) is 0.692. The highest BCUT2D eigenvalue weighted by Gasteiger charge is 2.56. The van der Waals surface area contributed by atoms with Gasteiger partial charge in [0.25, 0.3) is 5.56 Å². The first-order valence-electron chi connectivity index (χ1n) is 7.33. The van der Waals surface area contributed by atoms with Crippen LogP contribution in [0.3, 0.4) is 0 Å². The Hall–Kier alpha value is -1.88. The van der Waals surface area contributed by atoms with Crippen LogP contribution in [0.5, 0.6) is 0 Å². The summed E-state index contributed by atoms with van der Waals surface area (Å²) in [5.41, 5.74) is 0.0687. The van der Waals surface area contributed by atoms with E-state index in [-0.39, 0.29) is 17.7 Å². The van der Waals surface area contributed by atoms with Crippen LogP contribution >= 0.6 is 0 Å². The summed E-state index contributed by atoms with van der Waals surface area (Å²) >= 11 is 0. The maximum absolute atomic E-state index is 11.9. The van der Waals surface area contributed by atoms with Crippen LogP contribution in [0.4, 0.5) is 0 Å². The number of hydrogen-bond acceptors (Lipinski definition) is 8. The zero-order valence-electron chi connectivity index (χ0n) is 12.9. The van der Waals surface area contributed by atoms with Crippen molar-refractivity contribution < 1.29 is 19.3 Å². The van der Waals surface area contributed by atoms with Crippen molar-refractivity contribution in [2.45, 2.75) is 51.1 Å². The van der Waals surface area contributed by atoms with Crippen LogP contribution in [-0.4, -0.2) is 60.8 Å². The van der Waals surface area contributed by atoms with Gasteiger partial charge < -0.3 is 24.3 Å². The maximum Gasteiger partial charge on any atom is 0.281 e. The summed E-state index contributed by atoms with van der Waals surface area (Å²) in [6.45, 7) is 5.05. The first kappa shape index (κ1) is 14.7. The predicted octanol–water partition coefficient (Wildman–Crippen LogP) is -0.767. The molecule has 0 spiro atoms. The minimum Gasteiger partial charge on any atom is -0.394 e. The lowest BCUT2D eigenvalue weighted by Gasteiger charge is -2.23. The summed E-state index contributed by atoms with van der Waals surface area (Å²) < 4.78 is 18.9. The molecule has 4 rings (SSSR count). The third-order valence-electron chi connectivity index (χ3n) is 4.00. The van der Waals surface area contributed by atoms with Crippen molar-refractivity contribution in [3.05, 3.63) is 16.2 Å². The number of aliphatic hydroxyl groups is 1. The lowest BCUT2D eigenvalue weighted by Crippen LogP contribution is -2.31. The third-order valence-corrected chi connectivity index (χ3v) is 4.00. The fourth-order valence-corrected chi connectivity index (χ4v) is 3.12. The van der Waals surface area contributed by atoms with Crippen LogP contribution in [-0.2, 0) is 14.2 Å². The smallest absolute Gasteiger partial charge is 0.281 e. The molecule has 2 aromatic rings. The highest BCUT2D eigenvalue weighted by atomic mass is 16.8. The number of aryl methyl sites for hydroxylation is 1. The normalized spacial score (nSPS) is 32.5. The van der Waals surface area contributed by atoms with Crippen molar-refractivity contribution in [3.8, 4) is 0 Å². The fourth-order valence-electron chi connectivity index (χ4n) is 3.12. The van der Waals surface area contributed by atoms with Crippen LogP contribution in [0, 0.1) is 6.92 Å². The lowest BCUT2D eigenvalue weighted by molar-refractivity contribution is -0.201. The van der Waals surface area contributed by atoms with E-state index in [1.807, 2.05) is 0 Å². The Balaban J connectivity index is 1.80. The van der Waals surface area contributed by atoms with Gasteiger partial charge in [-0.05, 0) is 20.8 Å². The molecule has 2 saturated heterocycles. The summed E-state index contributed by atoms with van der Waals surface area (Å²) in [6.07, 6.45) is -2.14. The van der Waals surface area contributed by atoms with Gasteiger partial charge in [-0.25, -0.2) is 4.98 Å². The van der Waals surface area contributed by atoms with Crippen molar-refractivity contribution in [2.75, 3.05) is 6.61 Å². The van der Waals surface area contributed by atoms with Crippen molar-refractivity contribution in [1.82, 2.24) is 25.0 Å². The molecule has 10 nitrogen and oxygen atoms in total. The van der Waals surface area contributed by atoms with Crippen LogP contribution in [0.1, 0.15) is 25.9 Å². The third kappa shape index (κ3) is 2.17. The summed E-state index contributed by atoms with van der Waals surface area (Å²) in [5, 5.41) is 17.4. The molecular formula is C13H17N5O5. The maximum atomic E-state index is 11.9. The summed E-state index contributed by atoms with van der Waals surface area (Å²) in [5.74, 6) is -0.342. The molecule has 0 aromatic carbocycles. The first-order chi connectivity index (χ1) is 10.9. The molecule has 2 N–H and O–H groups in total. The molecule has 0 bridgehead atoms. The van der Waals surface area contributed by atoms with E-state index in [9.17, 15) is 9.90 Å². The molecule has 23 heavy (non-hydrogen) atoms. The molecule has 4 heterocycles. The summed E-state index contributed by atoms with van der Waals surface area (Å²) in [6, 6.07) is 0. The highest BCUT2D eigenvalue weighted by molar-refractivity contribution is 5.68. The van der Waals surface area contributed by atoms with Crippen LogP contribution in [0.15, 0.2) is 4.79 Å². The van der Waals surface area contributed by atoms with Gasteiger partial charge >= 0.3 is 0 Å². The highest BCUT2D eigenvalue weighted by Crippen LogP contribution is 2.43. The van der Waals surface area contributed by atoms with Crippen LogP contribution in [0.2, 0.25) is 0 Å². The van der Waals surface area contributed by atoms with Crippen molar-refractivity contribution in [1.29, 1.82) is 0 Å². The Morgan fingerprint density at radius 2 is 2.09 bits per heavy atom. The van der Waals surface area contributed by atoms with Gasteiger partial charge in [-0.1, -0.05) is 5.21 Å². The lowest BCUT2D eigenvalue weighted by atomic mass is 10.1. The molecule has 10 heteroatoms. The standard InChI is InChI=1S/C13H17N5O5/c1-5-14-10-7(11(20)15-5)16-17-18(10)12-9-8(6(4-19)21-12)22-13(2,3)23-9/h6,8-9,12,19H,4H2,1-3H3,(H,14,15,20)/t6-,8-,9-,12-/m1/s1. The first-order valence-corrected chi connectivity index (χ1v) is 7.33. The van der Waals surface area contributed by atoms with Gasteiger partial charge in [-0.15, -0.1) is 5.10 Å². The number of aromatic amines is 1. The molecule has 124 valence electrons. The molecule has 2 fully saturated rings. The molecule has 2 aliphatic heterocycles. The number of rotatable bonds is 2. The topological polar surface area (TPSA) is 124 Å². The Morgan fingerprint density at radius 3 is 2.83 bits per heavy atom. The minimum atomic E-state index is -0.790. The second-order valence-corrected chi connectivity index (χ2v) is 6.17. The molecule has 0 amide bonds. The number of hydrogen-bond donors (Lipinski definition) is 2. The molecule has 0 aliphatic carbocycles. The van der Waals surface area contributed by atoms with E-state index in [0.29, 0.717) is 11.5 Å². The molecule has 0 unspecified atom stereocenters. The summed E-state index contributed by atoms with van der Waals surface area (Å²) in [7, 11) is 0. The molecular weight excluding hydrogens is 306 g/mol. The molecule has 4 atom stereocenters. The van der Waals surface area contributed by atoms with Gasteiger partial charge in [0.2, 0.25) is 0 Å². The zero-order chi connectivity index (χ0) is 16.4. The average molecular weight is 323 g/mol. The quantitative estimate of drug-likeness (QED) is 0.738. The number of nitrogens with one attached hydrogen (secondary N) is 1. The Labute approximate surface area is 130 Å².